The summed E-state index contributed by atoms with van der Waals surface area (Å²) in [5.41, 5.74) is 3.80. The average Bonchev–Trinajstić information content (AvgIpc) is 3.02. The molecule has 0 bridgehead atoms. The van der Waals surface area contributed by atoms with E-state index < -0.39 is 28.5 Å². The van der Waals surface area contributed by atoms with Gasteiger partial charge < -0.3 is 10.2 Å². The molecule has 242 valence electrons. The number of rotatable bonds is 13. The van der Waals surface area contributed by atoms with Crippen LogP contribution in [0.3, 0.4) is 0 Å². The van der Waals surface area contributed by atoms with Gasteiger partial charge in [-0.25, -0.2) is 8.42 Å². The Balaban J connectivity index is 1.82. The number of anilines is 1. The Morgan fingerprint density at radius 1 is 0.804 bits per heavy atom. The smallest absolute Gasteiger partial charge is 0.264 e. The van der Waals surface area contributed by atoms with E-state index >= 15 is 0 Å². The Morgan fingerprint density at radius 3 is 2.00 bits per heavy atom. The molecule has 0 saturated carbocycles. The van der Waals surface area contributed by atoms with E-state index in [0.717, 1.165) is 21.0 Å². The topological polar surface area (TPSA) is 86.8 Å². The van der Waals surface area contributed by atoms with Crippen LogP contribution in [-0.2, 0) is 32.6 Å². The van der Waals surface area contributed by atoms with Gasteiger partial charge in [-0.05, 0) is 73.7 Å². The summed E-state index contributed by atoms with van der Waals surface area (Å²) in [7, 11) is -4.18. The SMILES string of the molecule is Cc1ccc(S(=O)(=O)N(CC(=O)N(Cc2ccccc2Cl)[C@H](Cc2ccccc2)C(=O)NC(C)C)c2ccc(C(C)C)cc2)cc1. The molecule has 9 heteroatoms. The minimum atomic E-state index is -4.18. The normalized spacial score (nSPS) is 12.2. The van der Waals surface area contributed by atoms with Gasteiger partial charge in [0.2, 0.25) is 11.8 Å². The molecule has 4 aromatic carbocycles. The first kappa shape index (κ1) is 34.7. The van der Waals surface area contributed by atoms with Crippen LogP contribution in [-0.4, -0.2) is 43.8 Å². The number of hydrogen-bond acceptors (Lipinski definition) is 4. The molecule has 46 heavy (non-hydrogen) atoms. The summed E-state index contributed by atoms with van der Waals surface area (Å²) in [4.78, 5) is 29.9. The fraction of sp³-hybridized carbons (Fsp3) is 0.297. The molecule has 0 radical (unpaired) electrons. The van der Waals surface area contributed by atoms with E-state index in [4.69, 9.17) is 11.6 Å². The van der Waals surface area contributed by atoms with Crippen molar-refractivity contribution in [1.29, 1.82) is 0 Å². The zero-order valence-electron chi connectivity index (χ0n) is 27.0. The Bertz CT molecular complexity index is 1720. The number of hydrogen-bond donors (Lipinski definition) is 1. The number of nitrogens with zero attached hydrogens (tertiary/aromatic N) is 2. The van der Waals surface area contributed by atoms with E-state index in [1.165, 1.54) is 4.90 Å². The highest BCUT2D eigenvalue weighted by Crippen LogP contribution is 2.28. The number of nitrogens with one attached hydrogen (secondary N) is 1. The number of benzene rings is 4. The highest BCUT2D eigenvalue weighted by Gasteiger charge is 2.35. The van der Waals surface area contributed by atoms with Crippen LogP contribution in [0.1, 0.15) is 55.9 Å². The maximum absolute atomic E-state index is 14.6. The molecule has 0 heterocycles. The summed E-state index contributed by atoms with van der Waals surface area (Å²) in [5.74, 6) is -0.640. The molecule has 0 fully saturated rings. The van der Waals surface area contributed by atoms with Crippen molar-refractivity contribution in [3.63, 3.8) is 0 Å². The van der Waals surface area contributed by atoms with E-state index in [1.807, 2.05) is 69.3 Å². The molecule has 0 spiro atoms. The lowest BCUT2D eigenvalue weighted by molar-refractivity contribution is -0.140. The van der Waals surface area contributed by atoms with Gasteiger partial charge in [0.05, 0.1) is 10.6 Å². The van der Waals surface area contributed by atoms with Crippen molar-refractivity contribution in [2.24, 2.45) is 0 Å². The summed E-state index contributed by atoms with van der Waals surface area (Å²) in [6, 6.07) is 29.2. The van der Waals surface area contributed by atoms with Crippen LogP contribution in [0.4, 0.5) is 5.69 Å². The number of carbonyl (C=O) groups is 2. The van der Waals surface area contributed by atoms with Crippen LogP contribution in [0.15, 0.2) is 108 Å². The Kier molecular flexibility index (Phi) is 11.7. The van der Waals surface area contributed by atoms with Gasteiger partial charge in [-0.2, -0.15) is 0 Å². The van der Waals surface area contributed by atoms with E-state index in [9.17, 15) is 18.0 Å². The largest absolute Gasteiger partial charge is 0.352 e. The van der Waals surface area contributed by atoms with Gasteiger partial charge in [0.1, 0.15) is 12.6 Å². The molecule has 0 aliphatic heterocycles. The monoisotopic (exact) mass is 659 g/mol. The van der Waals surface area contributed by atoms with Crippen LogP contribution in [0, 0.1) is 6.92 Å². The standard InChI is InChI=1S/C37H42ClN3O4S/c1-26(2)30-17-19-32(20-18-30)41(46(44,45)33-21-15-28(5)16-22-33)25-36(42)40(24-31-13-9-10-14-34(31)38)35(37(43)39-27(3)4)23-29-11-7-6-8-12-29/h6-22,26-27,35H,23-25H2,1-5H3,(H,39,43)/t35-/m1/s1. The molecule has 0 aromatic heterocycles. The second kappa shape index (κ2) is 15.4. The number of amides is 2. The highest BCUT2D eigenvalue weighted by atomic mass is 35.5. The maximum atomic E-state index is 14.6. The fourth-order valence-electron chi connectivity index (χ4n) is 5.14. The molecule has 7 nitrogen and oxygen atoms in total. The maximum Gasteiger partial charge on any atom is 0.264 e. The van der Waals surface area contributed by atoms with Crippen molar-refractivity contribution in [2.45, 2.75) is 70.5 Å². The molecular weight excluding hydrogens is 618 g/mol. The second-order valence-corrected chi connectivity index (χ2v) is 14.3. The first-order valence-corrected chi connectivity index (χ1v) is 17.2. The number of sulfonamides is 1. The van der Waals surface area contributed by atoms with E-state index in [2.05, 4.69) is 19.2 Å². The lowest BCUT2D eigenvalue weighted by Gasteiger charge is -2.34. The van der Waals surface area contributed by atoms with Gasteiger partial charge in [0.15, 0.2) is 0 Å². The summed E-state index contributed by atoms with van der Waals surface area (Å²) >= 11 is 6.56. The van der Waals surface area contributed by atoms with Crippen LogP contribution in [0.5, 0.6) is 0 Å². The summed E-state index contributed by atoms with van der Waals surface area (Å²) in [5, 5.41) is 3.41. The summed E-state index contributed by atoms with van der Waals surface area (Å²) < 4.78 is 29.6. The quantitative estimate of drug-likeness (QED) is 0.165. The Hall–Kier alpha value is -4.14. The van der Waals surface area contributed by atoms with Crippen LogP contribution in [0.2, 0.25) is 5.02 Å². The van der Waals surface area contributed by atoms with Crippen LogP contribution < -0.4 is 9.62 Å². The molecule has 1 atom stereocenters. The van der Waals surface area contributed by atoms with Gasteiger partial charge in [-0.1, -0.05) is 104 Å². The minimum absolute atomic E-state index is 0.00618. The lowest BCUT2D eigenvalue weighted by atomic mass is 10.0. The average molecular weight is 660 g/mol. The van der Waals surface area contributed by atoms with Crippen molar-refractivity contribution < 1.29 is 18.0 Å². The minimum Gasteiger partial charge on any atom is -0.352 e. The molecule has 4 aromatic rings. The van der Waals surface area contributed by atoms with E-state index in [1.54, 1.807) is 54.6 Å². The first-order valence-electron chi connectivity index (χ1n) is 15.4. The van der Waals surface area contributed by atoms with E-state index in [0.29, 0.717) is 16.3 Å². The highest BCUT2D eigenvalue weighted by molar-refractivity contribution is 7.92. The zero-order valence-corrected chi connectivity index (χ0v) is 28.6. The predicted octanol–water partition coefficient (Wildman–Crippen LogP) is 7.13. The molecule has 0 aliphatic carbocycles. The van der Waals surface area contributed by atoms with Crippen molar-refractivity contribution >= 4 is 39.1 Å². The molecule has 0 unspecified atom stereocenters. The first-order chi connectivity index (χ1) is 21.9. The Labute approximate surface area is 278 Å². The third-order valence-electron chi connectivity index (χ3n) is 7.74. The lowest BCUT2D eigenvalue weighted by Crippen LogP contribution is -2.54. The summed E-state index contributed by atoms with van der Waals surface area (Å²) in [6.45, 7) is 9.18. The second-order valence-electron chi connectivity index (χ2n) is 12.1. The van der Waals surface area contributed by atoms with Crippen molar-refractivity contribution in [1.82, 2.24) is 10.2 Å². The van der Waals surface area contributed by atoms with Gasteiger partial charge in [-0.3, -0.25) is 13.9 Å². The van der Waals surface area contributed by atoms with Gasteiger partial charge in [0.25, 0.3) is 10.0 Å². The third kappa shape index (κ3) is 8.77. The molecule has 2 amide bonds. The zero-order chi connectivity index (χ0) is 33.4. The van der Waals surface area contributed by atoms with Gasteiger partial charge in [0, 0.05) is 24.0 Å². The molecule has 4 rings (SSSR count). The van der Waals surface area contributed by atoms with Gasteiger partial charge in [-0.15, -0.1) is 0 Å². The predicted molar refractivity (Wildman–Crippen MR) is 185 cm³/mol. The molecule has 0 saturated heterocycles. The molecule has 0 aliphatic rings. The Morgan fingerprint density at radius 2 is 1.41 bits per heavy atom. The fourth-order valence-corrected chi connectivity index (χ4v) is 6.75. The van der Waals surface area contributed by atoms with Crippen LogP contribution >= 0.6 is 11.6 Å². The third-order valence-corrected chi connectivity index (χ3v) is 9.89. The summed E-state index contributed by atoms with van der Waals surface area (Å²) in [6.07, 6.45) is 0.226. The molecular formula is C37H42ClN3O4S. The number of carbonyl (C=O) groups excluding carboxylic acids is 2. The van der Waals surface area contributed by atoms with Crippen LogP contribution in [0.25, 0.3) is 0 Å². The van der Waals surface area contributed by atoms with Crippen molar-refractivity contribution in [3.8, 4) is 0 Å². The molecule has 1 N–H and O–H groups in total. The van der Waals surface area contributed by atoms with Crippen molar-refractivity contribution in [3.05, 3.63) is 130 Å². The number of halogens is 1. The van der Waals surface area contributed by atoms with Crippen molar-refractivity contribution in [2.75, 3.05) is 10.8 Å². The van der Waals surface area contributed by atoms with E-state index in [-0.39, 0.29) is 35.7 Å². The van der Waals surface area contributed by atoms with Gasteiger partial charge >= 0.3 is 0 Å². The number of aryl methyl sites for hydroxylation is 1.